The largest absolute Gasteiger partial charge is 0.465 e. The third-order valence-corrected chi connectivity index (χ3v) is 0.548. The van der Waals surface area contributed by atoms with E-state index in [1.54, 1.807) is 12.2 Å². The molecule has 0 aliphatic carbocycles. The summed E-state index contributed by atoms with van der Waals surface area (Å²) in [6.07, 6.45) is 1.25. The highest BCUT2D eigenvalue weighted by atomic mass is 16.4. The highest BCUT2D eigenvalue weighted by Gasteiger charge is 1.97. The molecule has 0 saturated heterocycles. The Morgan fingerprint density at radius 2 is 2.11 bits per heavy atom. The van der Waals surface area contributed by atoms with Gasteiger partial charge in [0.2, 0.25) is 0 Å². The molecule has 0 aromatic heterocycles. The Balaban J connectivity index is 3.64. The molecule has 0 rings (SSSR count). The zero-order valence-electron chi connectivity index (χ0n) is 4.92. The number of carboxylic acid groups (broad SMARTS) is 1. The summed E-state index contributed by atoms with van der Waals surface area (Å²) in [5.74, 6) is -0.620. The molecule has 0 fully saturated rings. The van der Waals surface area contributed by atoms with E-state index in [1.165, 1.54) is 6.08 Å². The van der Waals surface area contributed by atoms with Crippen molar-refractivity contribution in [2.75, 3.05) is 0 Å². The van der Waals surface area contributed by atoms with Crippen LogP contribution in [0.4, 0.5) is 4.79 Å². The molecule has 0 aliphatic rings. The van der Waals surface area contributed by atoms with Crippen molar-refractivity contribution in [3.63, 3.8) is 0 Å². The lowest BCUT2D eigenvalue weighted by atomic mass is 10.5. The molecule has 0 radical (unpaired) electrons. The Hall–Kier alpha value is -1.32. The predicted molar refractivity (Wildman–Crippen MR) is 31.0 cm³/mol. The second-order valence-electron chi connectivity index (χ2n) is 1.29. The predicted octanol–water partition coefficient (Wildman–Crippen LogP) is 0.357. The standard InChI is InChI=1S/C5H7NO3/c1-2-3-4(7)6-5(8)9/h2-3H,1H3,(H,6,7)(H,8,9)/b3-2+. The molecule has 2 N–H and O–H groups in total. The Bertz CT molecular complexity index is 150. The van der Waals surface area contributed by atoms with E-state index in [2.05, 4.69) is 0 Å². The first-order valence-electron chi connectivity index (χ1n) is 2.33. The minimum Gasteiger partial charge on any atom is -0.465 e. The molecule has 0 aromatic rings. The molecule has 2 amide bonds. The average Bonchev–Trinajstić information content (AvgIpc) is 1.63. The van der Waals surface area contributed by atoms with Gasteiger partial charge in [0, 0.05) is 0 Å². The van der Waals surface area contributed by atoms with Crippen molar-refractivity contribution in [3.05, 3.63) is 12.2 Å². The van der Waals surface area contributed by atoms with Crippen LogP contribution in [-0.4, -0.2) is 17.1 Å². The molecular weight excluding hydrogens is 122 g/mol. The minimum absolute atomic E-state index is 0.620. The van der Waals surface area contributed by atoms with Gasteiger partial charge < -0.3 is 5.11 Å². The third-order valence-electron chi connectivity index (χ3n) is 0.548. The number of hydrogen-bond acceptors (Lipinski definition) is 2. The fourth-order valence-electron chi connectivity index (χ4n) is 0.298. The number of amides is 2. The highest BCUT2D eigenvalue weighted by molar-refractivity contribution is 5.97. The number of carbonyl (C=O) groups excluding carboxylic acids is 1. The van der Waals surface area contributed by atoms with E-state index in [-0.39, 0.29) is 0 Å². The summed E-state index contributed by atoms with van der Waals surface area (Å²) in [4.78, 5) is 20.0. The van der Waals surface area contributed by atoms with Crippen molar-refractivity contribution in [2.24, 2.45) is 0 Å². The van der Waals surface area contributed by atoms with Crippen molar-refractivity contribution in [1.82, 2.24) is 5.32 Å². The molecular formula is C5H7NO3. The number of rotatable bonds is 1. The van der Waals surface area contributed by atoms with Crippen molar-refractivity contribution in [1.29, 1.82) is 0 Å². The lowest BCUT2D eigenvalue weighted by Crippen LogP contribution is -2.26. The Morgan fingerprint density at radius 3 is 2.44 bits per heavy atom. The molecule has 0 atom stereocenters. The van der Waals surface area contributed by atoms with Gasteiger partial charge in [-0.3, -0.25) is 10.1 Å². The second-order valence-corrected chi connectivity index (χ2v) is 1.29. The Kier molecular flexibility index (Phi) is 3.12. The van der Waals surface area contributed by atoms with Crippen LogP contribution in [-0.2, 0) is 4.79 Å². The molecule has 9 heavy (non-hydrogen) atoms. The summed E-state index contributed by atoms with van der Waals surface area (Å²) < 4.78 is 0. The first kappa shape index (κ1) is 7.68. The molecule has 4 heteroatoms. The van der Waals surface area contributed by atoms with Crippen molar-refractivity contribution in [2.45, 2.75) is 6.92 Å². The van der Waals surface area contributed by atoms with Crippen LogP contribution in [0, 0.1) is 0 Å². The van der Waals surface area contributed by atoms with Gasteiger partial charge in [-0.15, -0.1) is 0 Å². The van der Waals surface area contributed by atoms with Crippen molar-refractivity contribution in [3.8, 4) is 0 Å². The lowest BCUT2D eigenvalue weighted by molar-refractivity contribution is -0.115. The zero-order chi connectivity index (χ0) is 7.28. The SMILES string of the molecule is C/C=C/C(=O)NC(=O)O. The topological polar surface area (TPSA) is 66.4 Å². The fourth-order valence-corrected chi connectivity index (χ4v) is 0.298. The van der Waals surface area contributed by atoms with Crippen LogP contribution in [0.15, 0.2) is 12.2 Å². The van der Waals surface area contributed by atoms with Gasteiger partial charge in [-0.2, -0.15) is 0 Å². The van der Waals surface area contributed by atoms with Crippen molar-refractivity contribution >= 4 is 12.0 Å². The molecule has 0 aromatic carbocycles. The highest BCUT2D eigenvalue weighted by Crippen LogP contribution is 1.70. The maximum atomic E-state index is 10.3. The van der Waals surface area contributed by atoms with Crippen LogP contribution in [0.5, 0.6) is 0 Å². The van der Waals surface area contributed by atoms with Gasteiger partial charge in [0.15, 0.2) is 0 Å². The third kappa shape index (κ3) is 4.53. The normalized spacial score (nSPS) is 9.44. The number of allylic oxidation sites excluding steroid dienone is 1. The van der Waals surface area contributed by atoms with Crippen LogP contribution in [0.2, 0.25) is 0 Å². The van der Waals surface area contributed by atoms with Crippen LogP contribution in [0.25, 0.3) is 0 Å². The number of hydrogen-bond donors (Lipinski definition) is 2. The number of imide groups is 1. The fraction of sp³-hybridized carbons (Fsp3) is 0.200. The molecule has 0 spiro atoms. The van der Waals surface area contributed by atoms with Gasteiger partial charge in [-0.1, -0.05) is 6.08 Å². The monoisotopic (exact) mass is 129 g/mol. The average molecular weight is 129 g/mol. The summed E-state index contributed by atoms with van der Waals surface area (Å²) in [6.45, 7) is 1.63. The van der Waals surface area contributed by atoms with Gasteiger partial charge in [0.1, 0.15) is 0 Å². The summed E-state index contributed by atoms with van der Waals surface area (Å²) in [7, 11) is 0. The van der Waals surface area contributed by atoms with E-state index in [4.69, 9.17) is 5.11 Å². The van der Waals surface area contributed by atoms with Crippen LogP contribution < -0.4 is 5.32 Å². The molecule has 0 unspecified atom stereocenters. The van der Waals surface area contributed by atoms with Crippen LogP contribution in [0.1, 0.15) is 6.92 Å². The van der Waals surface area contributed by atoms with E-state index >= 15 is 0 Å². The second kappa shape index (κ2) is 3.65. The van der Waals surface area contributed by atoms with E-state index in [0.29, 0.717) is 0 Å². The van der Waals surface area contributed by atoms with Crippen LogP contribution >= 0.6 is 0 Å². The number of nitrogens with one attached hydrogen (secondary N) is 1. The Labute approximate surface area is 52.2 Å². The molecule has 4 nitrogen and oxygen atoms in total. The van der Waals surface area contributed by atoms with Crippen LogP contribution in [0.3, 0.4) is 0 Å². The van der Waals surface area contributed by atoms with E-state index < -0.39 is 12.0 Å². The smallest absolute Gasteiger partial charge is 0.411 e. The number of carbonyl (C=O) groups is 2. The first-order valence-corrected chi connectivity index (χ1v) is 2.33. The van der Waals surface area contributed by atoms with E-state index in [9.17, 15) is 9.59 Å². The molecule has 0 bridgehead atoms. The van der Waals surface area contributed by atoms with E-state index in [1.807, 2.05) is 0 Å². The Morgan fingerprint density at radius 1 is 1.56 bits per heavy atom. The van der Waals surface area contributed by atoms with Gasteiger partial charge >= 0.3 is 6.09 Å². The summed E-state index contributed by atoms with van der Waals surface area (Å²) >= 11 is 0. The quantitative estimate of drug-likeness (QED) is 0.502. The van der Waals surface area contributed by atoms with E-state index in [0.717, 1.165) is 6.08 Å². The van der Waals surface area contributed by atoms with Gasteiger partial charge in [-0.05, 0) is 13.0 Å². The maximum absolute atomic E-state index is 10.3. The maximum Gasteiger partial charge on any atom is 0.411 e. The summed E-state index contributed by atoms with van der Waals surface area (Å²) in [5, 5.41) is 9.58. The molecule has 0 saturated carbocycles. The molecule has 0 aliphatic heterocycles. The molecule has 0 heterocycles. The van der Waals surface area contributed by atoms with Gasteiger partial charge in [-0.25, -0.2) is 4.79 Å². The van der Waals surface area contributed by atoms with Gasteiger partial charge in [0.25, 0.3) is 5.91 Å². The minimum atomic E-state index is -1.34. The first-order chi connectivity index (χ1) is 4.16. The summed E-state index contributed by atoms with van der Waals surface area (Å²) in [6, 6.07) is 0. The zero-order valence-corrected chi connectivity index (χ0v) is 4.92. The van der Waals surface area contributed by atoms with Crippen molar-refractivity contribution < 1.29 is 14.7 Å². The summed E-state index contributed by atoms with van der Waals surface area (Å²) in [5.41, 5.74) is 0. The van der Waals surface area contributed by atoms with Gasteiger partial charge in [0.05, 0.1) is 0 Å². The lowest BCUT2D eigenvalue weighted by Gasteiger charge is -1.89. The molecule has 50 valence electrons.